The molecule has 0 spiro atoms. The SMILES string of the molecule is C=CCCCC(=O)NN. The van der Waals surface area contributed by atoms with Crippen LogP contribution in [0.1, 0.15) is 19.3 Å². The summed E-state index contributed by atoms with van der Waals surface area (Å²) in [4.78, 5) is 10.4. The highest BCUT2D eigenvalue weighted by molar-refractivity contribution is 5.75. The summed E-state index contributed by atoms with van der Waals surface area (Å²) >= 11 is 0. The fraction of sp³-hybridized carbons (Fsp3) is 0.500. The molecule has 3 N–H and O–H groups in total. The molecule has 0 rings (SSSR count). The van der Waals surface area contributed by atoms with E-state index < -0.39 is 0 Å². The summed E-state index contributed by atoms with van der Waals surface area (Å²) in [6.07, 6.45) is 3.96. The van der Waals surface area contributed by atoms with Crippen LogP contribution in [-0.4, -0.2) is 5.91 Å². The molecular formula is C6H12N2O. The van der Waals surface area contributed by atoms with Gasteiger partial charge in [0.15, 0.2) is 0 Å². The van der Waals surface area contributed by atoms with Crippen molar-refractivity contribution in [3.63, 3.8) is 0 Å². The fourth-order valence-corrected chi connectivity index (χ4v) is 0.479. The van der Waals surface area contributed by atoms with Gasteiger partial charge < -0.3 is 0 Å². The van der Waals surface area contributed by atoms with Crippen LogP contribution in [-0.2, 0) is 4.79 Å². The van der Waals surface area contributed by atoms with Gasteiger partial charge in [-0.3, -0.25) is 10.2 Å². The van der Waals surface area contributed by atoms with Crippen LogP contribution in [0.4, 0.5) is 0 Å². The van der Waals surface area contributed by atoms with Crippen molar-refractivity contribution < 1.29 is 4.79 Å². The second-order valence-corrected chi connectivity index (χ2v) is 1.75. The molecule has 0 aliphatic heterocycles. The number of hydrogen-bond donors (Lipinski definition) is 2. The molecule has 0 radical (unpaired) electrons. The molecule has 9 heavy (non-hydrogen) atoms. The lowest BCUT2D eigenvalue weighted by atomic mass is 10.2. The number of allylic oxidation sites excluding steroid dienone is 1. The van der Waals surface area contributed by atoms with E-state index in [9.17, 15) is 4.79 Å². The van der Waals surface area contributed by atoms with E-state index in [4.69, 9.17) is 5.84 Å². The minimum Gasteiger partial charge on any atom is -0.294 e. The van der Waals surface area contributed by atoms with Crippen LogP contribution < -0.4 is 11.3 Å². The first-order valence-electron chi connectivity index (χ1n) is 2.91. The second-order valence-electron chi connectivity index (χ2n) is 1.75. The van der Waals surface area contributed by atoms with E-state index in [1.807, 2.05) is 0 Å². The number of unbranched alkanes of at least 4 members (excludes halogenated alkanes) is 1. The summed E-state index contributed by atoms with van der Waals surface area (Å²) < 4.78 is 0. The van der Waals surface area contributed by atoms with Gasteiger partial charge in [0.2, 0.25) is 5.91 Å². The molecule has 0 heterocycles. The first-order chi connectivity index (χ1) is 4.31. The molecule has 0 aromatic carbocycles. The number of carbonyl (C=O) groups is 1. The third kappa shape index (κ3) is 5.03. The van der Waals surface area contributed by atoms with Gasteiger partial charge >= 0.3 is 0 Å². The Hall–Kier alpha value is -0.830. The molecule has 0 saturated heterocycles. The van der Waals surface area contributed by atoms with E-state index in [-0.39, 0.29) is 5.91 Å². The number of hydrogen-bond acceptors (Lipinski definition) is 2. The summed E-state index contributed by atoms with van der Waals surface area (Å²) in [7, 11) is 0. The average molecular weight is 128 g/mol. The molecule has 3 heteroatoms. The monoisotopic (exact) mass is 128 g/mol. The third-order valence-electron chi connectivity index (χ3n) is 0.973. The summed E-state index contributed by atoms with van der Waals surface area (Å²) in [5.74, 6) is 4.71. The largest absolute Gasteiger partial charge is 0.294 e. The van der Waals surface area contributed by atoms with Crippen molar-refractivity contribution in [3.8, 4) is 0 Å². The molecule has 0 aliphatic carbocycles. The molecule has 0 bridgehead atoms. The Bertz CT molecular complexity index is 101. The molecule has 3 nitrogen and oxygen atoms in total. The van der Waals surface area contributed by atoms with Crippen molar-refractivity contribution in [1.82, 2.24) is 5.43 Å². The first-order valence-corrected chi connectivity index (χ1v) is 2.91. The predicted octanol–water partition coefficient (Wildman–Crippen LogP) is 0.333. The van der Waals surface area contributed by atoms with Gasteiger partial charge in [-0.2, -0.15) is 0 Å². The Morgan fingerprint density at radius 2 is 2.44 bits per heavy atom. The van der Waals surface area contributed by atoms with Gasteiger partial charge in [-0.1, -0.05) is 6.08 Å². The van der Waals surface area contributed by atoms with Crippen molar-refractivity contribution in [3.05, 3.63) is 12.7 Å². The second kappa shape index (κ2) is 5.31. The number of nitrogens with one attached hydrogen (secondary N) is 1. The van der Waals surface area contributed by atoms with Crippen LogP contribution >= 0.6 is 0 Å². The van der Waals surface area contributed by atoms with Crippen molar-refractivity contribution in [2.24, 2.45) is 5.84 Å². The standard InChI is InChI=1S/C6H12N2O/c1-2-3-4-5-6(9)8-7/h2H,1,3-5,7H2,(H,8,9). The van der Waals surface area contributed by atoms with Crippen molar-refractivity contribution in [2.45, 2.75) is 19.3 Å². The van der Waals surface area contributed by atoms with Gasteiger partial charge in [-0.05, 0) is 12.8 Å². The smallest absolute Gasteiger partial charge is 0.233 e. The number of rotatable bonds is 4. The Morgan fingerprint density at radius 1 is 1.78 bits per heavy atom. The van der Waals surface area contributed by atoms with Gasteiger partial charge in [0.25, 0.3) is 0 Å². The third-order valence-corrected chi connectivity index (χ3v) is 0.973. The Labute approximate surface area is 54.9 Å². The molecule has 52 valence electrons. The fourth-order valence-electron chi connectivity index (χ4n) is 0.479. The van der Waals surface area contributed by atoms with Crippen LogP contribution in [0.5, 0.6) is 0 Å². The van der Waals surface area contributed by atoms with Crippen molar-refractivity contribution >= 4 is 5.91 Å². The normalized spacial score (nSPS) is 8.56. The van der Waals surface area contributed by atoms with Crippen LogP contribution in [0.2, 0.25) is 0 Å². The number of carbonyl (C=O) groups excluding carboxylic acids is 1. The van der Waals surface area contributed by atoms with Crippen LogP contribution in [0.3, 0.4) is 0 Å². The highest BCUT2D eigenvalue weighted by Gasteiger charge is 1.93. The van der Waals surface area contributed by atoms with E-state index in [1.165, 1.54) is 0 Å². The topological polar surface area (TPSA) is 55.1 Å². The Morgan fingerprint density at radius 3 is 2.89 bits per heavy atom. The highest BCUT2D eigenvalue weighted by atomic mass is 16.2. The molecular weight excluding hydrogens is 116 g/mol. The molecule has 1 amide bonds. The lowest BCUT2D eigenvalue weighted by Crippen LogP contribution is -2.29. The minimum absolute atomic E-state index is 0.114. The van der Waals surface area contributed by atoms with E-state index in [1.54, 1.807) is 6.08 Å². The quantitative estimate of drug-likeness (QED) is 0.188. The van der Waals surface area contributed by atoms with E-state index in [0.29, 0.717) is 6.42 Å². The molecule has 0 aromatic heterocycles. The maximum Gasteiger partial charge on any atom is 0.233 e. The van der Waals surface area contributed by atoms with Gasteiger partial charge in [0.1, 0.15) is 0 Å². The molecule has 0 atom stereocenters. The molecule has 0 aliphatic rings. The van der Waals surface area contributed by atoms with Crippen LogP contribution in [0.25, 0.3) is 0 Å². The van der Waals surface area contributed by atoms with E-state index >= 15 is 0 Å². The Balaban J connectivity index is 3.06. The van der Waals surface area contributed by atoms with Gasteiger partial charge in [0, 0.05) is 6.42 Å². The van der Waals surface area contributed by atoms with Crippen LogP contribution in [0.15, 0.2) is 12.7 Å². The summed E-state index contributed by atoms with van der Waals surface area (Å²) in [6, 6.07) is 0. The van der Waals surface area contributed by atoms with Crippen molar-refractivity contribution in [1.29, 1.82) is 0 Å². The Kier molecular flexibility index (Phi) is 4.82. The zero-order valence-corrected chi connectivity index (χ0v) is 5.39. The highest BCUT2D eigenvalue weighted by Crippen LogP contribution is 1.93. The molecule has 0 saturated carbocycles. The predicted molar refractivity (Wildman–Crippen MR) is 36.4 cm³/mol. The minimum atomic E-state index is -0.114. The molecule has 0 aromatic rings. The lowest BCUT2D eigenvalue weighted by Gasteiger charge is -1.94. The summed E-state index contributed by atoms with van der Waals surface area (Å²) in [5.41, 5.74) is 2.05. The van der Waals surface area contributed by atoms with E-state index in [2.05, 4.69) is 12.0 Å². The van der Waals surface area contributed by atoms with Gasteiger partial charge in [-0.25, -0.2) is 5.84 Å². The van der Waals surface area contributed by atoms with Gasteiger partial charge in [-0.15, -0.1) is 6.58 Å². The average Bonchev–Trinajstić information content (AvgIpc) is 1.89. The maximum atomic E-state index is 10.4. The van der Waals surface area contributed by atoms with Gasteiger partial charge in [0.05, 0.1) is 0 Å². The number of nitrogens with two attached hydrogens (primary N) is 1. The van der Waals surface area contributed by atoms with E-state index in [0.717, 1.165) is 12.8 Å². The number of amides is 1. The zero-order chi connectivity index (χ0) is 7.11. The lowest BCUT2D eigenvalue weighted by molar-refractivity contribution is -0.121. The number of hydrazine groups is 1. The maximum absolute atomic E-state index is 10.4. The first kappa shape index (κ1) is 8.17. The molecule has 0 fully saturated rings. The van der Waals surface area contributed by atoms with Crippen molar-refractivity contribution in [2.75, 3.05) is 0 Å². The zero-order valence-electron chi connectivity index (χ0n) is 5.39. The van der Waals surface area contributed by atoms with Crippen LogP contribution in [0, 0.1) is 0 Å². The summed E-state index contributed by atoms with van der Waals surface area (Å²) in [5, 5.41) is 0. The molecule has 0 unspecified atom stereocenters. The summed E-state index contributed by atoms with van der Waals surface area (Å²) in [6.45, 7) is 3.52.